The molecule has 0 radical (unpaired) electrons. The summed E-state index contributed by atoms with van der Waals surface area (Å²) in [4.78, 5) is 48.5. The predicted octanol–water partition coefficient (Wildman–Crippen LogP) is 5.63. The van der Waals surface area contributed by atoms with Gasteiger partial charge in [0.1, 0.15) is 21.2 Å². The Kier molecular flexibility index (Phi) is 8.92. The number of aryl methyl sites for hydroxylation is 1. The third-order valence-electron chi connectivity index (χ3n) is 7.62. The van der Waals surface area contributed by atoms with E-state index in [0.29, 0.717) is 69.6 Å². The Labute approximate surface area is 266 Å². The van der Waals surface area contributed by atoms with E-state index < -0.39 is 17.1 Å². The van der Waals surface area contributed by atoms with E-state index in [1.807, 2.05) is 55.5 Å². The number of amides is 4. The zero-order valence-corrected chi connectivity index (χ0v) is 26.0. The molecule has 2 aliphatic heterocycles. The molecule has 4 amide bonds. The van der Waals surface area contributed by atoms with E-state index in [2.05, 4.69) is 15.6 Å². The van der Waals surface area contributed by atoms with Crippen molar-refractivity contribution in [3.05, 3.63) is 83.4 Å². The molecule has 1 saturated heterocycles. The van der Waals surface area contributed by atoms with Gasteiger partial charge in [-0.05, 0) is 74.2 Å². The Balaban J connectivity index is 1.20. The van der Waals surface area contributed by atoms with E-state index in [4.69, 9.17) is 4.74 Å². The number of para-hydroxylation sites is 1. The summed E-state index contributed by atoms with van der Waals surface area (Å²) in [5.74, 6) is 0.741. The number of rotatable bonds is 9. The second kappa shape index (κ2) is 13.2. The Morgan fingerprint density at radius 1 is 1.18 bits per heavy atom. The molecule has 2 aliphatic rings. The van der Waals surface area contributed by atoms with Gasteiger partial charge in [0.05, 0.1) is 22.4 Å². The van der Waals surface area contributed by atoms with Gasteiger partial charge in [0.15, 0.2) is 0 Å². The highest BCUT2D eigenvalue weighted by molar-refractivity contribution is 7.79. The van der Waals surface area contributed by atoms with Crippen LogP contribution in [0.25, 0.3) is 10.2 Å². The Morgan fingerprint density at radius 3 is 2.78 bits per heavy atom. The zero-order chi connectivity index (χ0) is 31.5. The van der Waals surface area contributed by atoms with Crippen molar-refractivity contribution in [3.8, 4) is 11.5 Å². The molecule has 1 fully saturated rings. The van der Waals surface area contributed by atoms with Gasteiger partial charge >= 0.3 is 6.03 Å². The van der Waals surface area contributed by atoms with Crippen LogP contribution in [0.2, 0.25) is 0 Å². The molecule has 11 nitrogen and oxygen atoms in total. The predicted molar refractivity (Wildman–Crippen MR) is 173 cm³/mol. The first kappa shape index (κ1) is 30.4. The van der Waals surface area contributed by atoms with Crippen LogP contribution in [0.4, 0.5) is 21.9 Å². The van der Waals surface area contributed by atoms with Crippen molar-refractivity contribution >= 4 is 67.5 Å². The smallest absolute Gasteiger partial charge is 0.331 e. The summed E-state index contributed by atoms with van der Waals surface area (Å²) >= 11 is -0.953. The van der Waals surface area contributed by atoms with Crippen molar-refractivity contribution in [2.24, 2.45) is 0 Å². The fourth-order valence-electron chi connectivity index (χ4n) is 5.55. The number of pyridine rings is 1. The first-order valence-electron chi connectivity index (χ1n) is 14.5. The number of benzene rings is 2. The van der Waals surface area contributed by atoms with Crippen LogP contribution in [-0.2, 0) is 15.9 Å². The fourth-order valence-corrected chi connectivity index (χ4v) is 6.90. The monoisotopic (exact) mass is 644 g/mol. The maximum Gasteiger partial charge on any atom is 0.331 e. The van der Waals surface area contributed by atoms with Crippen molar-refractivity contribution in [1.82, 2.24) is 15.2 Å². The van der Waals surface area contributed by atoms with E-state index in [-0.39, 0.29) is 30.0 Å². The molecule has 4 aromatic rings. The summed E-state index contributed by atoms with van der Waals surface area (Å²) < 4.78 is 27.4. The number of carbonyl (C=O) groups is 3. The molecule has 2 aromatic heterocycles. The number of piperidine rings is 1. The molecule has 6 rings (SSSR count). The number of allylic oxidation sites excluding steroid dienone is 1. The van der Waals surface area contributed by atoms with Crippen LogP contribution in [-0.4, -0.2) is 61.4 Å². The quantitative estimate of drug-likeness (QED) is 0.178. The van der Waals surface area contributed by atoms with Crippen LogP contribution in [0.3, 0.4) is 0 Å². The minimum atomic E-state index is -2.16. The van der Waals surface area contributed by atoms with Gasteiger partial charge in [0.25, 0.3) is 5.91 Å². The summed E-state index contributed by atoms with van der Waals surface area (Å²) in [6.07, 6.45) is 6.22. The van der Waals surface area contributed by atoms with E-state index in [9.17, 15) is 23.1 Å². The highest BCUT2D eigenvalue weighted by atomic mass is 32.2. The van der Waals surface area contributed by atoms with Crippen molar-refractivity contribution in [2.75, 3.05) is 29.1 Å². The normalized spacial score (nSPS) is 16.9. The number of aromatic nitrogens is 1. The standard InChI is InChI=1S/C32H31N5O6S2/c1-20-18-23(43-22-9-3-2-4-10-22)12-13-24(20)37-25-14-15-33-31-27(25)28(35-32(37)40)29(44-31)30(39)34-21-8-7-16-36(19-21)26(38)11-5-6-17-45(41)42/h2-5,9-15,18,21H,6-8,16-17,19H2,1H3,(H,34,39)(H,35,40)(H,41,42)/p-1/b11-5+/t21-/m1/s1. The molecule has 0 spiro atoms. The van der Waals surface area contributed by atoms with Crippen molar-refractivity contribution in [3.63, 3.8) is 0 Å². The molecule has 232 valence electrons. The van der Waals surface area contributed by atoms with Gasteiger partial charge in [0, 0.05) is 31.1 Å². The minimum absolute atomic E-state index is 0.0412. The van der Waals surface area contributed by atoms with Gasteiger partial charge < -0.3 is 24.8 Å². The number of ether oxygens (including phenoxy) is 1. The van der Waals surface area contributed by atoms with Gasteiger partial charge in [0.2, 0.25) is 5.91 Å². The maximum atomic E-state index is 13.6. The summed E-state index contributed by atoms with van der Waals surface area (Å²) in [5.41, 5.74) is 2.54. The lowest BCUT2D eigenvalue weighted by atomic mass is 10.0. The lowest BCUT2D eigenvalue weighted by Gasteiger charge is -2.32. The first-order chi connectivity index (χ1) is 21.8. The third kappa shape index (κ3) is 6.60. The van der Waals surface area contributed by atoms with Crippen LogP contribution < -0.4 is 20.3 Å². The van der Waals surface area contributed by atoms with E-state index in [0.717, 1.165) is 5.56 Å². The lowest BCUT2D eigenvalue weighted by molar-refractivity contribution is -0.127. The number of nitrogens with one attached hydrogen (secondary N) is 2. The topological polar surface area (TPSA) is 144 Å². The van der Waals surface area contributed by atoms with Gasteiger partial charge in [-0.1, -0.05) is 35.4 Å². The molecule has 13 heteroatoms. The molecule has 0 saturated carbocycles. The second-order valence-electron chi connectivity index (χ2n) is 10.7. The molecule has 1 unspecified atom stereocenters. The number of anilines is 3. The molecular weight excluding hydrogens is 615 g/mol. The zero-order valence-electron chi connectivity index (χ0n) is 24.4. The molecule has 0 bridgehead atoms. The molecule has 2 aromatic carbocycles. The summed E-state index contributed by atoms with van der Waals surface area (Å²) in [6.45, 7) is 2.79. The molecule has 4 heterocycles. The first-order valence-corrected chi connectivity index (χ1v) is 16.5. The van der Waals surface area contributed by atoms with Gasteiger partial charge in [-0.15, -0.1) is 11.3 Å². The number of thiophene rings is 1. The third-order valence-corrected chi connectivity index (χ3v) is 9.29. The Bertz CT molecular complexity index is 1830. The number of urea groups is 1. The average Bonchev–Trinajstić information content (AvgIpc) is 3.40. The van der Waals surface area contributed by atoms with E-state index in [1.165, 1.54) is 17.4 Å². The number of nitrogens with zero attached hydrogens (tertiary/aromatic N) is 3. The highest BCUT2D eigenvalue weighted by Gasteiger charge is 2.34. The fraction of sp³-hybridized carbons (Fsp3) is 0.250. The lowest BCUT2D eigenvalue weighted by Crippen LogP contribution is -2.49. The van der Waals surface area contributed by atoms with Gasteiger partial charge in [-0.25, -0.2) is 9.78 Å². The number of hydrogen-bond donors (Lipinski definition) is 2. The average molecular weight is 645 g/mol. The Hall–Kier alpha value is -4.59. The second-order valence-corrected chi connectivity index (χ2v) is 12.8. The van der Waals surface area contributed by atoms with Crippen molar-refractivity contribution in [1.29, 1.82) is 0 Å². The Morgan fingerprint density at radius 2 is 2.00 bits per heavy atom. The largest absolute Gasteiger partial charge is 0.772 e. The van der Waals surface area contributed by atoms with Gasteiger partial charge in [-0.3, -0.25) is 18.7 Å². The molecular formula is C32H30N5O6S2-. The van der Waals surface area contributed by atoms with Crippen LogP contribution in [0.5, 0.6) is 11.5 Å². The van der Waals surface area contributed by atoms with Crippen molar-refractivity contribution < 1.29 is 27.9 Å². The number of carbonyl (C=O) groups excluding carboxylic acids is 3. The maximum absolute atomic E-state index is 13.6. The summed E-state index contributed by atoms with van der Waals surface area (Å²) in [6, 6.07) is 16.1. The molecule has 45 heavy (non-hydrogen) atoms. The number of likely N-dealkylation sites (tertiary alicyclic amines) is 1. The molecule has 2 N–H and O–H groups in total. The van der Waals surface area contributed by atoms with E-state index >= 15 is 0 Å². The number of hydrogen-bond acceptors (Lipinski definition) is 8. The SMILES string of the molecule is Cc1cc(Oc2ccccc2)ccc1N1C(=O)Nc2c(C(=O)N[C@@H]3CCCN(C(=O)/C=C/CCS(=O)[O-])C3)sc3nccc1c23. The van der Waals surface area contributed by atoms with Gasteiger partial charge in [-0.2, -0.15) is 0 Å². The molecule has 2 atom stereocenters. The highest BCUT2D eigenvalue weighted by Crippen LogP contribution is 2.46. The van der Waals surface area contributed by atoms with Crippen LogP contribution in [0.15, 0.2) is 72.9 Å². The minimum Gasteiger partial charge on any atom is -0.772 e. The molecule has 0 aliphatic carbocycles. The summed E-state index contributed by atoms with van der Waals surface area (Å²) in [7, 11) is 0. The van der Waals surface area contributed by atoms with E-state index in [1.54, 1.807) is 28.1 Å². The van der Waals surface area contributed by atoms with Crippen molar-refractivity contribution in [2.45, 2.75) is 32.2 Å². The van der Waals surface area contributed by atoms with Crippen LogP contribution in [0.1, 0.15) is 34.5 Å². The van der Waals surface area contributed by atoms with Crippen LogP contribution >= 0.6 is 11.3 Å². The summed E-state index contributed by atoms with van der Waals surface area (Å²) in [5, 5.41) is 6.65. The van der Waals surface area contributed by atoms with Crippen LogP contribution in [0, 0.1) is 6.92 Å².